The molecule has 1 saturated heterocycles. The smallest absolute Gasteiger partial charge is 0.251 e. The number of nitrogens with zero attached hydrogens (tertiary/aromatic N) is 5. The predicted octanol–water partition coefficient (Wildman–Crippen LogP) is 3.32. The molecule has 0 bridgehead atoms. The van der Waals surface area contributed by atoms with E-state index in [9.17, 15) is 13.6 Å². The molecular weight excluding hydrogens is 404 g/mol. The van der Waals surface area contributed by atoms with Crippen molar-refractivity contribution in [3.05, 3.63) is 42.3 Å². The van der Waals surface area contributed by atoms with Gasteiger partial charge in [-0.05, 0) is 37.4 Å². The summed E-state index contributed by atoms with van der Waals surface area (Å²) in [4.78, 5) is 29.2. The molecule has 0 saturated carbocycles. The molecule has 4 heterocycles. The van der Waals surface area contributed by atoms with Crippen molar-refractivity contribution in [1.29, 1.82) is 0 Å². The maximum atomic E-state index is 12.8. The van der Waals surface area contributed by atoms with Gasteiger partial charge in [0.15, 0.2) is 11.7 Å². The van der Waals surface area contributed by atoms with E-state index in [0.717, 1.165) is 10.8 Å². The topological polar surface area (TPSA) is 75.4 Å². The zero-order chi connectivity index (χ0) is 22.0. The Balaban J connectivity index is 1.41. The molecule has 3 aromatic heterocycles. The minimum absolute atomic E-state index is 0.00181. The van der Waals surface area contributed by atoms with Gasteiger partial charge in [0, 0.05) is 43.8 Å². The van der Waals surface area contributed by atoms with Crippen LogP contribution in [0.2, 0.25) is 0 Å². The van der Waals surface area contributed by atoms with Crippen LogP contribution in [0.25, 0.3) is 22.2 Å². The number of rotatable bonds is 6. The van der Waals surface area contributed by atoms with Gasteiger partial charge in [-0.3, -0.25) is 19.7 Å². The van der Waals surface area contributed by atoms with Crippen LogP contribution in [-0.2, 0) is 11.2 Å². The maximum absolute atomic E-state index is 12.8. The van der Waals surface area contributed by atoms with Gasteiger partial charge in [0.05, 0.1) is 24.9 Å². The van der Waals surface area contributed by atoms with Crippen LogP contribution in [-0.4, -0.2) is 69.8 Å². The Bertz CT molecular complexity index is 1060. The highest BCUT2D eigenvalue weighted by Gasteiger charge is 2.26. The fraction of sp³-hybridized carbons (Fsp3) is 0.455. The standard InChI is InChI=1S/C22H25F2N5O2/c1-14-25-12-20(31-14)19-8-15-7-17(26-10-16(15)11-27-19)9-22(30)29-5-3-18(4-6-29)28(2)13-21(23)24/h7-8,10-12,18,21H,3-6,9,13H2,1-2H3. The van der Waals surface area contributed by atoms with Crippen LogP contribution < -0.4 is 0 Å². The molecule has 4 rings (SSSR count). The first-order chi connectivity index (χ1) is 14.9. The van der Waals surface area contributed by atoms with Crippen molar-refractivity contribution >= 4 is 16.7 Å². The Labute approximate surface area is 179 Å². The van der Waals surface area contributed by atoms with Gasteiger partial charge in [-0.25, -0.2) is 13.8 Å². The number of aryl methyl sites for hydroxylation is 1. The fourth-order valence-corrected chi connectivity index (χ4v) is 3.98. The van der Waals surface area contributed by atoms with Crippen molar-refractivity contribution < 1.29 is 18.0 Å². The first-order valence-electron chi connectivity index (χ1n) is 10.3. The van der Waals surface area contributed by atoms with Crippen LogP contribution in [0.3, 0.4) is 0 Å². The van der Waals surface area contributed by atoms with E-state index in [0.29, 0.717) is 49.0 Å². The number of amides is 1. The molecule has 0 N–H and O–H groups in total. The summed E-state index contributed by atoms with van der Waals surface area (Å²) in [6.45, 7) is 2.69. The third kappa shape index (κ3) is 5.04. The van der Waals surface area contributed by atoms with E-state index in [4.69, 9.17) is 4.42 Å². The van der Waals surface area contributed by atoms with E-state index < -0.39 is 6.43 Å². The lowest BCUT2D eigenvalue weighted by atomic mass is 10.0. The number of fused-ring (bicyclic) bond motifs is 1. The Morgan fingerprint density at radius 1 is 1.16 bits per heavy atom. The number of likely N-dealkylation sites (tertiary alicyclic amines) is 1. The van der Waals surface area contributed by atoms with Gasteiger partial charge < -0.3 is 9.32 Å². The van der Waals surface area contributed by atoms with E-state index in [1.165, 1.54) is 0 Å². The highest BCUT2D eigenvalue weighted by Crippen LogP contribution is 2.23. The molecule has 164 valence electrons. The Morgan fingerprint density at radius 2 is 1.90 bits per heavy atom. The van der Waals surface area contributed by atoms with Crippen molar-refractivity contribution in [2.75, 3.05) is 26.7 Å². The van der Waals surface area contributed by atoms with Crippen LogP contribution in [0.4, 0.5) is 8.78 Å². The molecule has 1 amide bonds. The van der Waals surface area contributed by atoms with Crippen LogP contribution in [0, 0.1) is 6.92 Å². The summed E-state index contributed by atoms with van der Waals surface area (Å²) in [5, 5.41) is 1.79. The lowest BCUT2D eigenvalue weighted by Crippen LogP contribution is -2.47. The number of pyridine rings is 2. The van der Waals surface area contributed by atoms with Gasteiger partial charge in [0.2, 0.25) is 5.91 Å². The summed E-state index contributed by atoms with van der Waals surface area (Å²) in [6.07, 6.45) is 4.34. The van der Waals surface area contributed by atoms with Gasteiger partial charge >= 0.3 is 0 Å². The summed E-state index contributed by atoms with van der Waals surface area (Å²) >= 11 is 0. The molecule has 31 heavy (non-hydrogen) atoms. The quantitative estimate of drug-likeness (QED) is 0.598. The van der Waals surface area contributed by atoms with E-state index >= 15 is 0 Å². The molecule has 0 radical (unpaired) electrons. The molecule has 9 heteroatoms. The summed E-state index contributed by atoms with van der Waals surface area (Å²) in [5.74, 6) is 1.16. The van der Waals surface area contributed by atoms with Crippen LogP contribution in [0.5, 0.6) is 0 Å². The normalized spacial score (nSPS) is 15.4. The Kier molecular flexibility index (Phi) is 6.22. The van der Waals surface area contributed by atoms with Crippen molar-refractivity contribution in [3.8, 4) is 11.5 Å². The van der Waals surface area contributed by atoms with Crippen molar-refractivity contribution in [2.45, 2.75) is 38.7 Å². The first-order valence-corrected chi connectivity index (χ1v) is 10.3. The van der Waals surface area contributed by atoms with Crippen LogP contribution >= 0.6 is 0 Å². The molecular formula is C22H25F2N5O2. The summed E-state index contributed by atoms with van der Waals surface area (Å²) in [6, 6.07) is 3.88. The number of alkyl halides is 2. The summed E-state index contributed by atoms with van der Waals surface area (Å²) in [5.41, 5.74) is 1.35. The molecule has 1 aliphatic heterocycles. The lowest BCUT2D eigenvalue weighted by molar-refractivity contribution is -0.132. The molecule has 0 atom stereocenters. The zero-order valence-corrected chi connectivity index (χ0v) is 17.6. The predicted molar refractivity (Wildman–Crippen MR) is 112 cm³/mol. The van der Waals surface area contributed by atoms with Crippen molar-refractivity contribution in [1.82, 2.24) is 24.8 Å². The second kappa shape index (κ2) is 9.05. The monoisotopic (exact) mass is 429 g/mol. The number of piperidine rings is 1. The van der Waals surface area contributed by atoms with E-state index in [-0.39, 0.29) is 24.9 Å². The highest BCUT2D eigenvalue weighted by molar-refractivity contribution is 5.85. The van der Waals surface area contributed by atoms with E-state index in [1.807, 2.05) is 12.1 Å². The minimum Gasteiger partial charge on any atom is -0.439 e. The second-order valence-electron chi connectivity index (χ2n) is 7.96. The second-order valence-corrected chi connectivity index (χ2v) is 7.96. The molecule has 0 aromatic carbocycles. The Morgan fingerprint density at radius 3 is 2.58 bits per heavy atom. The summed E-state index contributed by atoms with van der Waals surface area (Å²) in [7, 11) is 1.72. The van der Waals surface area contributed by atoms with Crippen LogP contribution in [0.1, 0.15) is 24.4 Å². The maximum Gasteiger partial charge on any atom is 0.251 e. The van der Waals surface area contributed by atoms with Gasteiger partial charge in [-0.2, -0.15) is 0 Å². The average Bonchev–Trinajstić information content (AvgIpc) is 3.19. The van der Waals surface area contributed by atoms with Gasteiger partial charge in [0.25, 0.3) is 6.43 Å². The molecule has 1 aliphatic rings. The average molecular weight is 429 g/mol. The largest absolute Gasteiger partial charge is 0.439 e. The number of carbonyl (C=O) groups is 1. The number of oxazole rings is 1. The summed E-state index contributed by atoms with van der Waals surface area (Å²) < 4.78 is 30.7. The van der Waals surface area contributed by atoms with Crippen molar-refractivity contribution in [3.63, 3.8) is 0 Å². The van der Waals surface area contributed by atoms with E-state index in [2.05, 4.69) is 15.0 Å². The van der Waals surface area contributed by atoms with Gasteiger partial charge in [0.1, 0.15) is 5.69 Å². The molecule has 7 nitrogen and oxygen atoms in total. The zero-order valence-electron chi connectivity index (χ0n) is 17.6. The minimum atomic E-state index is -2.34. The number of hydrogen-bond acceptors (Lipinski definition) is 6. The first kappa shape index (κ1) is 21.3. The molecule has 1 fully saturated rings. The van der Waals surface area contributed by atoms with E-state index in [1.54, 1.807) is 42.4 Å². The third-order valence-electron chi connectivity index (χ3n) is 5.73. The number of hydrogen-bond donors (Lipinski definition) is 0. The van der Waals surface area contributed by atoms with Crippen molar-refractivity contribution in [2.24, 2.45) is 0 Å². The molecule has 3 aromatic rings. The Hall–Kier alpha value is -2.94. The van der Waals surface area contributed by atoms with Crippen LogP contribution in [0.15, 0.2) is 35.1 Å². The molecule has 0 aliphatic carbocycles. The number of halogens is 2. The lowest BCUT2D eigenvalue weighted by Gasteiger charge is -2.36. The SMILES string of the molecule is Cc1ncc(-c2cc3cc(CC(=O)N4CCC(N(C)CC(F)F)CC4)ncc3cn2)o1. The third-order valence-corrected chi connectivity index (χ3v) is 5.73. The van der Waals surface area contributed by atoms with Gasteiger partial charge in [-0.1, -0.05) is 0 Å². The molecule has 0 unspecified atom stereocenters. The number of aromatic nitrogens is 3. The number of carbonyl (C=O) groups excluding carboxylic acids is 1. The highest BCUT2D eigenvalue weighted by atomic mass is 19.3. The molecule has 0 spiro atoms. The fourth-order valence-electron chi connectivity index (χ4n) is 3.98. The van der Waals surface area contributed by atoms with Gasteiger partial charge in [-0.15, -0.1) is 0 Å².